The zero-order chi connectivity index (χ0) is 11.0. The SMILES string of the molecule is O=c1[nH]cc(F)c2c([N+](=O)[O-])cccc12. The molecule has 0 aliphatic heterocycles. The van der Waals surface area contributed by atoms with E-state index in [-0.39, 0.29) is 10.8 Å². The minimum absolute atomic E-state index is 0.0239. The maximum Gasteiger partial charge on any atom is 0.280 e. The first-order valence-electron chi connectivity index (χ1n) is 4.05. The van der Waals surface area contributed by atoms with Gasteiger partial charge in [-0.25, -0.2) is 4.39 Å². The molecule has 0 atom stereocenters. The molecule has 0 aliphatic carbocycles. The molecule has 2 rings (SSSR count). The zero-order valence-electron chi connectivity index (χ0n) is 7.36. The van der Waals surface area contributed by atoms with Crippen molar-refractivity contribution in [1.82, 2.24) is 4.98 Å². The van der Waals surface area contributed by atoms with Crippen LogP contribution in [0.15, 0.2) is 29.2 Å². The van der Waals surface area contributed by atoms with Gasteiger partial charge in [-0.15, -0.1) is 0 Å². The lowest BCUT2D eigenvalue weighted by Crippen LogP contribution is -2.07. The van der Waals surface area contributed by atoms with E-state index in [0.717, 1.165) is 12.3 Å². The van der Waals surface area contributed by atoms with Crippen molar-refractivity contribution in [2.45, 2.75) is 0 Å². The molecule has 2 aromatic rings. The predicted octanol–water partition coefficient (Wildman–Crippen LogP) is 1.58. The molecule has 1 aromatic carbocycles. The van der Waals surface area contributed by atoms with Crippen LogP contribution in [0.2, 0.25) is 0 Å². The molecular formula is C9H5FN2O3. The Morgan fingerprint density at radius 3 is 2.80 bits per heavy atom. The number of non-ortho nitro benzene ring substituents is 1. The van der Waals surface area contributed by atoms with E-state index in [2.05, 4.69) is 4.98 Å². The second-order valence-corrected chi connectivity index (χ2v) is 2.92. The summed E-state index contributed by atoms with van der Waals surface area (Å²) in [6.07, 6.45) is 0.817. The molecule has 1 heterocycles. The van der Waals surface area contributed by atoms with Crippen molar-refractivity contribution < 1.29 is 9.31 Å². The summed E-state index contributed by atoms with van der Waals surface area (Å²) in [5, 5.41) is 10.3. The van der Waals surface area contributed by atoms with Gasteiger partial charge in [0.1, 0.15) is 5.39 Å². The van der Waals surface area contributed by atoms with Crippen LogP contribution in [0, 0.1) is 15.9 Å². The summed E-state index contributed by atoms with van der Waals surface area (Å²) < 4.78 is 13.3. The first-order valence-corrected chi connectivity index (χ1v) is 4.05. The molecule has 15 heavy (non-hydrogen) atoms. The van der Waals surface area contributed by atoms with Crippen molar-refractivity contribution >= 4 is 16.5 Å². The number of benzene rings is 1. The highest BCUT2D eigenvalue weighted by Crippen LogP contribution is 2.24. The van der Waals surface area contributed by atoms with E-state index < -0.39 is 22.0 Å². The summed E-state index contributed by atoms with van der Waals surface area (Å²) >= 11 is 0. The Labute approximate surface area is 82.3 Å². The van der Waals surface area contributed by atoms with Gasteiger partial charge < -0.3 is 4.98 Å². The van der Waals surface area contributed by atoms with Crippen LogP contribution in [0.5, 0.6) is 0 Å². The number of nitro benzene ring substituents is 1. The quantitative estimate of drug-likeness (QED) is 0.570. The molecule has 0 unspecified atom stereocenters. The minimum atomic E-state index is -0.808. The van der Waals surface area contributed by atoms with Crippen LogP contribution in [-0.4, -0.2) is 9.91 Å². The van der Waals surface area contributed by atoms with Crippen molar-refractivity contribution in [3.05, 3.63) is 50.7 Å². The summed E-state index contributed by atoms with van der Waals surface area (Å²) in [4.78, 5) is 23.3. The van der Waals surface area contributed by atoms with Gasteiger partial charge >= 0.3 is 0 Å². The third-order valence-corrected chi connectivity index (χ3v) is 2.05. The van der Waals surface area contributed by atoms with Crippen LogP contribution in [0.3, 0.4) is 0 Å². The van der Waals surface area contributed by atoms with E-state index in [1.54, 1.807) is 0 Å². The average molecular weight is 208 g/mol. The molecule has 6 heteroatoms. The zero-order valence-corrected chi connectivity index (χ0v) is 7.36. The van der Waals surface area contributed by atoms with Crippen LogP contribution in [0.4, 0.5) is 10.1 Å². The monoisotopic (exact) mass is 208 g/mol. The average Bonchev–Trinajstić information content (AvgIpc) is 2.23. The summed E-state index contributed by atoms with van der Waals surface area (Å²) in [5.74, 6) is -0.808. The van der Waals surface area contributed by atoms with E-state index in [0.29, 0.717) is 0 Å². The van der Waals surface area contributed by atoms with Crippen LogP contribution >= 0.6 is 0 Å². The fourth-order valence-electron chi connectivity index (χ4n) is 1.41. The minimum Gasteiger partial charge on any atom is -0.326 e. The molecule has 0 saturated carbocycles. The Kier molecular flexibility index (Phi) is 1.96. The third kappa shape index (κ3) is 1.35. The molecular weight excluding hydrogens is 203 g/mol. The fraction of sp³-hybridized carbons (Fsp3) is 0. The first kappa shape index (κ1) is 9.32. The molecule has 0 spiro atoms. The highest BCUT2D eigenvalue weighted by molar-refractivity contribution is 5.90. The smallest absolute Gasteiger partial charge is 0.280 e. The van der Waals surface area contributed by atoms with Crippen LogP contribution in [0.1, 0.15) is 0 Å². The van der Waals surface area contributed by atoms with Crippen molar-refractivity contribution in [3.8, 4) is 0 Å². The van der Waals surface area contributed by atoms with Crippen molar-refractivity contribution in [2.75, 3.05) is 0 Å². The second kappa shape index (κ2) is 3.16. The summed E-state index contributed by atoms with van der Waals surface area (Å²) in [5.41, 5.74) is -0.953. The highest BCUT2D eigenvalue weighted by Gasteiger charge is 2.16. The number of nitro groups is 1. The van der Waals surface area contributed by atoms with Gasteiger partial charge in [0, 0.05) is 12.3 Å². The number of aromatic nitrogens is 1. The number of fused-ring (bicyclic) bond motifs is 1. The van der Waals surface area contributed by atoms with Gasteiger partial charge in [0.05, 0.1) is 10.3 Å². The van der Waals surface area contributed by atoms with Crippen molar-refractivity contribution in [1.29, 1.82) is 0 Å². The van der Waals surface area contributed by atoms with Crippen molar-refractivity contribution in [3.63, 3.8) is 0 Å². The highest BCUT2D eigenvalue weighted by atomic mass is 19.1. The van der Waals surface area contributed by atoms with E-state index in [1.807, 2.05) is 0 Å². The van der Waals surface area contributed by atoms with Gasteiger partial charge in [-0.3, -0.25) is 14.9 Å². The lowest BCUT2D eigenvalue weighted by Gasteiger charge is -1.99. The number of halogens is 1. The Morgan fingerprint density at radius 1 is 1.40 bits per heavy atom. The van der Waals surface area contributed by atoms with Crippen LogP contribution < -0.4 is 5.56 Å². The van der Waals surface area contributed by atoms with Gasteiger partial charge in [0.25, 0.3) is 11.2 Å². The molecule has 0 amide bonds. The van der Waals surface area contributed by atoms with Gasteiger partial charge in [-0.2, -0.15) is 0 Å². The van der Waals surface area contributed by atoms with Crippen LogP contribution in [-0.2, 0) is 0 Å². The Morgan fingerprint density at radius 2 is 2.13 bits per heavy atom. The number of hydrogen-bond donors (Lipinski definition) is 1. The van der Waals surface area contributed by atoms with Crippen molar-refractivity contribution in [2.24, 2.45) is 0 Å². The lowest BCUT2D eigenvalue weighted by molar-refractivity contribution is -0.383. The van der Waals surface area contributed by atoms with E-state index in [4.69, 9.17) is 0 Å². The molecule has 0 fully saturated rings. The van der Waals surface area contributed by atoms with Gasteiger partial charge in [-0.05, 0) is 6.07 Å². The Bertz CT molecular complexity index is 606. The molecule has 0 bridgehead atoms. The first-order chi connectivity index (χ1) is 7.11. The topological polar surface area (TPSA) is 76.0 Å². The number of nitrogens with zero attached hydrogens (tertiary/aromatic N) is 1. The molecule has 5 nitrogen and oxygen atoms in total. The maximum atomic E-state index is 13.3. The number of rotatable bonds is 1. The summed E-state index contributed by atoms with van der Waals surface area (Å²) in [7, 11) is 0. The molecule has 1 aromatic heterocycles. The number of H-pyrrole nitrogens is 1. The van der Waals surface area contributed by atoms with E-state index in [1.165, 1.54) is 12.1 Å². The number of pyridine rings is 1. The predicted molar refractivity (Wildman–Crippen MR) is 51.2 cm³/mol. The van der Waals surface area contributed by atoms with Crippen LogP contribution in [0.25, 0.3) is 10.8 Å². The normalized spacial score (nSPS) is 10.5. The molecule has 0 saturated heterocycles. The summed E-state index contributed by atoms with van der Waals surface area (Å²) in [6.45, 7) is 0. The largest absolute Gasteiger partial charge is 0.326 e. The third-order valence-electron chi connectivity index (χ3n) is 2.05. The maximum absolute atomic E-state index is 13.3. The number of hydrogen-bond acceptors (Lipinski definition) is 3. The molecule has 0 radical (unpaired) electrons. The second-order valence-electron chi connectivity index (χ2n) is 2.92. The Balaban J connectivity index is 3.03. The standard InChI is InChI=1S/C9H5FN2O3/c10-6-4-11-9(13)5-2-1-3-7(8(5)6)12(14)15/h1-4H,(H,11,13). The fourth-order valence-corrected chi connectivity index (χ4v) is 1.41. The van der Waals surface area contributed by atoms with Gasteiger partial charge in [-0.1, -0.05) is 6.07 Å². The van der Waals surface area contributed by atoms with Gasteiger partial charge in [0.2, 0.25) is 0 Å². The lowest BCUT2D eigenvalue weighted by atomic mass is 10.1. The number of aromatic amines is 1. The van der Waals surface area contributed by atoms with E-state index in [9.17, 15) is 19.3 Å². The molecule has 0 aliphatic rings. The van der Waals surface area contributed by atoms with E-state index >= 15 is 0 Å². The van der Waals surface area contributed by atoms with Gasteiger partial charge in [0.15, 0.2) is 5.82 Å². The number of nitrogens with one attached hydrogen (secondary N) is 1. The molecule has 1 N–H and O–H groups in total. The Hall–Kier alpha value is -2.24. The molecule has 76 valence electrons. The summed E-state index contributed by atoms with van der Waals surface area (Å²) in [6, 6.07) is 3.84.